The summed E-state index contributed by atoms with van der Waals surface area (Å²) < 4.78 is 15.7. The quantitative estimate of drug-likeness (QED) is 0.451. The topological polar surface area (TPSA) is 108 Å². The van der Waals surface area contributed by atoms with Crippen molar-refractivity contribution >= 4 is 22.9 Å². The molecule has 0 atom stereocenters. The van der Waals surface area contributed by atoms with Gasteiger partial charge in [0.2, 0.25) is 5.95 Å². The number of aromatic hydroxyl groups is 1. The molecule has 8 nitrogen and oxygen atoms in total. The number of imidazole rings is 1. The number of benzene rings is 1. The van der Waals surface area contributed by atoms with Crippen molar-refractivity contribution in [2.45, 2.75) is 64.1 Å². The second-order valence-corrected chi connectivity index (χ2v) is 8.80. The van der Waals surface area contributed by atoms with E-state index in [0.29, 0.717) is 34.5 Å². The fraction of sp³-hybridized carbons (Fsp3) is 0.500. The smallest absolute Gasteiger partial charge is 0.226 e. The average molecular weight is 429 g/mol. The molecule has 1 aliphatic carbocycles. The Bertz CT molecular complexity index is 1060. The zero-order chi connectivity index (χ0) is 22.0. The summed E-state index contributed by atoms with van der Waals surface area (Å²) in [7, 11) is 0. The van der Waals surface area contributed by atoms with Gasteiger partial charge in [-0.1, -0.05) is 19.3 Å². The maximum absolute atomic E-state index is 13.6. The van der Waals surface area contributed by atoms with Crippen LogP contribution in [0.2, 0.25) is 0 Å². The number of phenols is 1. The molecular weight excluding hydrogens is 399 g/mol. The third-order valence-electron chi connectivity index (χ3n) is 5.56. The SMILES string of the molecule is CC(C)(O)CNc1nc(NCc2cc(F)ccc2O)c2ncn(C3CCCCC3)c2n1. The fourth-order valence-electron chi connectivity index (χ4n) is 3.92. The fourth-order valence-corrected chi connectivity index (χ4v) is 3.92. The molecule has 3 aromatic rings. The number of aliphatic hydroxyl groups is 1. The minimum Gasteiger partial charge on any atom is -0.508 e. The highest BCUT2D eigenvalue weighted by atomic mass is 19.1. The summed E-state index contributed by atoms with van der Waals surface area (Å²) in [6, 6.07) is 4.17. The summed E-state index contributed by atoms with van der Waals surface area (Å²) in [5.74, 6) is 0.448. The van der Waals surface area contributed by atoms with Crippen LogP contribution in [0, 0.1) is 5.82 Å². The van der Waals surface area contributed by atoms with Gasteiger partial charge in [-0.15, -0.1) is 0 Å². The van der Waals surface area contributed by atoms with Gasteiger partial charge < -0.3 is 25.4 Å². The molecule has 0 unspecified atom stereocenters. The number of nitrogens with zero attached hydrogens (tertiary/aromatic N) is 4. The molecule has 0 bridgehead atoms. The lowest BCUT2D eigenvalue weighted by Gasteiger charge is -2.23. The first-order valence-electron chi connectivity index (χ1n) is 10.7. The zero-order valence-electron chi connectivity index (χ0n) is 17.9. The number of phenolic OH excluding ortho intramolecular Hbond substituents is 1. The lowest BCUT2D eigenvalue weighted by Crippen LogP contribution is -2.30. The van der Waals surface area contributed by atoms with E-state index in [1.807, 2.05) is 0 Å². The van der Waals surface area contributed by atoms with Gasteiger partial charge in [0.05, 0.1) is 11.9 Å². The minimum atomic E-state index is -0.928. The highest BCUT2D eigenvalue weighted by molar-refractivity contribution is 5.84. The lowest BCUT2D eigenvalue weighted by molar-refractivity contribution is 0.0943. The van der Waals surface area contributed by atoms with Crippen LogP contribution >= 0.6 is 0 Å². The van der Waals surface area contributed by atoms with Crippen LogP contribution in [0.5, 0.6) is 5.75 Å². The summed E-state index contributed by atoms with van der Waals surface area (Å²) in [5, 5.41) is 26.4. The number of hydrogen-bond acceptors (Lipinski definition) is 7. The number of nitrogens with one attached hydrogen (secondary N) is 2. The van der Waals surface area contributed by atoms with Gasteiger partial charge in [0, 0.05) is 24.7 Å². The number of rotatable bonds is 7. The predicted molar refractivity (Wildman–Crippen MR) is 118 cm³/mol. The number of halogens is 1. The van der Waals surface area contributed by atoms with E-state index in [4.69, 9.17) is 0 Å². The van der Waals surface area contributed by atoms with Gasteiger partial charge in [-0.05, 0) is 44.9 Å². The van der Waals surface area contributed by atoms with Crippen molar-refractivity contribution in [3.63, 3.8) is 0 Å². The zero-order valence-corrected chi connectivity index (χ0v) is 17.9. The van der Waals surface area contributed by atoms with Crippen molar-refractivity contribution < 1.29 is 14.6 Å². The number of fused-ring (bicyclic) bond motifs is 1. The number of hydrogen-bond donors (Lipinski definition) is 4. The Labute approximate surface area is 180 Å². The first-order chi connectivity index (χ1) is 14.8. The van der Waals surface area contributed by atoms with Crippen LogP contribution in [0.15, 0.2) is 24.5 Å². The maximum Gasteiger partial charge on any atom is 0.226 e. The molecule has 1 aromatic carbocycles. The maximum atomic E-state index is 13.6. The standard InChI is InChI=1S/C22H29FN6O2/c1-22(2,31)12-25-21-27-19(24-11-14-10-15(23)8-9-17(14)30)18-20(28-21)29(13-26-18)16-6-4-3-5-7-16/h8-10,13,16,30-31H,3-7,11-12H2,1-2H3,(H2,24,25,27,28). The molecule has 0 aliphatic heterocycles. The van der Waals surface area contributed by atoms with Crippen LogP contribution in [-0.4, -0.2) is 41.9 Å². The molecule has 4 N–H and O–H groups in total. The van der Waals surface area contributed by atoms with Gasteiger partial charge in [0.25, 0.3) is 0 Å². The van der Waals surface area contributed by atoms with Crippen LogP contribution in [0.4, 0.5) is 16.2 Å². The lowest BCUT2D eigenvalue weighted by atomic mass is 9.95. The van der Waals surface area contributed by atoms with Crippen molar-refractivity contribution in [3.05, 3.63) is 35.9 Å². The van der Waals surface area contributed by atoms with Crippen molar-refractivity contribution in [1.82, 2.24) is 19.5 Å². The molecule has 31 heavy (non-hydrogen) atoms. The molecule has 0 saturated heterocycles. The summed E-state index contributed by atoms with van der Waals surface area (Å²) >= 11 is 0. The molecule has 4 rings (SSSR count). The molecule has 1 fully saturated rings. The van der Waals surface area contributed by atoms with Crippen molar-refractivity contribution in [2.75, 3.05) is 17.2 Å². The van der Waals surface area contributed by atoms with E-state index < -0.39 is 11.4 Å². The Morgan fingerprint density at radius 1 is 1.16 bits per heavy atom. The largest absolute Gasteiger partial charge is 0.508 e. The van der Waals surface area contributed by atoms with Crippen LogP contribution in [-0.2, 0) is 6.54 Å². The first-order valence-corrected chi connectivity index (χ1v) is 10.7. The molecule has 2 aromatic heterocycles. The highest BCUT2D eigenvalue weighted by Gasteiger charge is 2.21. The third-order valence-corrected chi connectivity index (χ3v) is 5.56. The van der Waals surface area contributed by atoms with Gasteiger partial charge in [-0.2, -0.15) is 9.97 Å². The Morgan fingerprint density at radius 2 is 1.94 bits per heavy atom. The minimum absolute atomic E-state index is 0.00677. The molecule has 1 saturated carbocycles. The molecule has 1 aliphatic rings. The molecule has 166 valence electrons. The van der Waals surface area contributed by atoms with Gasteiger partial charge >= 0.3 is 0 Å². The molecular formula is C22H29FN6O2. The Hall–Kier alpha value is -2.94. The summed E-state index contributed by atoms with van der Waals surface area (Å²) in [4.78, 5) is 13.8. The highest BCUT2D eigenvalue weighted by Crippen LogP contribution is 2.32. The summed E-state index contributed by atoms with van der Waals surface area (Å²) in [6.45, 7) is 3.87. The number of anilines is 2. The van der Waals surface area contributed by atoms with Crippen LogP contribution in [0.3, 0.4) is 0 Å². The molecule has 0 amide bonds. The van der Waals surface area contributed by atoms with Gasteiger partial charge in [0.15, 0.2) is 17.0 Å². The van der Waals surface area contributed by atoms with Crippen molar-refractivity contribution in [1.29, 1.82) is 0 Å². The van der Waals surface area contributed by atoms with Gasteiger partial charge in [-0.3, -0.25) is 0 Å². The molecule has 0 radical (unpaired) electrons. The summed E-state index contributed by atoms with van der Waals surface area (Å²) in [5.41, 5.74) is 0.828. The van der Waals surface area contributed by atoms with E-state index in [-0.39, 0.29) is 18.8 Å². The van der Waals surface area contributed by atoms with E-state index in [0.717, 1.165) is 12.8 Å². The predicted octanol–water partition coefficient (Wildman–Crippen LogP) is 3.97. The van der Waals surface area contributed by atoms with E-state index >= 15 is 0 Å². The Kier molecular flexibility index (Phi) is 5.95. The first kappa shape index (κ1) is 21.3. The van der Waals surface area contributed by atoms with E-state index in [1.54, 1.807) is 20.2 Å². The molecule has 0 spiro atoms. The van der Waals surface area contributed by atoms with E-state index in [1.165, 1.54) is 37.5 Å². The van der Waals surface area contributed by atoms with E-state index in [2.05, 4.69) is 30.2 Å². The van der Waals surface area contributed by atoms with E-state index in [9.17, 15) is 14.6 Å². The normalized spacial score (nSPS) is 15.4. The van der Waals surface area contributed by atoms with Crippen molar-refractivity contribution in [3.8, 4) is 5.75 Å². The second kappa shape index (κ2) is 8.66. The van der Waals surface area contributed by atoms with Crippen LogP contribution < -0.4 is 10.6 Å². The second-order valence-electron chi connectivity index (χ2n) is 8.80. The summed E-state index contributed by atoms with van der Waals surface area (Å²) in [6.07, 6.45) is 7.59. The molecule has 9 heteroatoms. The Morgan fingerprint density at radius 3 is 2.68 bits per heavy atom. The van der Waals surface area contributed by atoms with Crippen LogP contribution in [0.1, 0.15) is 57.6 Å². The monoisotopic (exact) mass is 428 g/mol. The van der Waals surface area contributed by atoms with Gasteiger partial charge in [-0.25, -0.2) is 9.37 Å². The van der Waals surface area contributed by atoms with Gasteiger partial charge in [0.1, 0.15) is 11.6 Å². The van der Waals surface area contributed by atoms with Crippen molar-refractivity contribution in [2.24, 2.45) is 0 Å². The van der Waals surface area contributed by atoms with Crippen LogP contribution in [0.25, 0.3) is 11.2 Å². The average Bonchev–Trinajstić information content (AvgIpc) is 3.17. The molecule has 2 heterocycles. The third kappa shape index (κ3) is 5.04. The Balaban J connectivity index is 1.68. The number of aromatic nitrogens is 4.